The fourth-order valence-corrected chi connectivity index (χ4v) is 5.69. The Balaban J connectivity index is 1.60. The van der Waals surface area contributed by atoms with Crippen LogP contribution in [0.25, 0.3) is 0 Å². The number of benzene rings is 3. The quantitative estimate of drug-likeness (QED) is 0.169. The Kier molecular flexibility index (Phi) is 8.52. The number of methoxy groups -OCH3 is 1. The van der Waals surface area contributed by atoms with E-state index >= 15 is 0 Å². The van der Waals surface area contributed by atoms with E-state index < -0.39 is 52.5 Å². The molecule has 0 bridgehead atoms. The first-order valence-corrected chi connectivity index (χ1v) is 13.7. The van der Waals surface area contributed by atoms with Crippen LogP contribution < -0.4 is 16.0 Å². The second-order valence-electron chi connectivity index (χ2n) is 10.3. The summed E-state index contributed by atoms with van der Waals surface area (Å²) in [4.78, 5) is 38.1. The lowest BCUT2D eigenvalue weighted by Gasteiger charge is -2.37. The number of aryl methyl sites for hydroxylation is 1. The molecule has 0 saturated carbocycles. The van der Waals surface area contributed by atoms with Gasteiger partial charge in [-0.05, 0) is 35.7 Å². The molecule has 1 saturated heterocycles. The third-order valence-electron chi connectivity index (χ3n) is 7.79. The fraction of sp³-hybridized carbons (Fsp3) is 0.281. The Morgan fingerprint density at radius 3 is 2.12 bits per heavy atom. The van der Waals surface area contributed by atoms with Crippen molar-refractivity contribution in [1.29, 1.82) is 5.26 Å². The highest BCUT2D eigenvalue weighted by atomic mass is 16.6. The van der Waals surface area contributed by atoms with Gasteiger partial charge in [-0.15, -0.1) is 0 Å². The number of nitro groups is 1. The van der Waals surface area contributed by atoms with E-state index in [1.165, 1.54) is 13.1 Å². The average molecular weight is 583 g/mol. The van der Waals surface area contributed by atoms with Crippen molar-refractivity contribution in [3.8, 4) is 11.8 Å². The first-order chi connectivity index (χ1) is 20.8. The third kappa shape index (κ3) is 5.70. The molecule has 0 amide bonds. The normalized spacial score (nSPS) is 19.9. The Labute approximate surface area is 247 Å². The van der Waals surface area contributed by atoms with E-state index in [1.54, 1.807) is 7.11 Å². The summed E-state index contributed by atoms with van der Waals surface area (Å²) >= 11 is 0. The standard InChI is InChI=1S/C32H30N4O7/c1-21-18-35(31(38)34-29(21)37)30-27(19-36(39)40)26(17-33)28(43-30)20-42-32(22-9-5-3-6-10-22,23-11-7-4-8-12-23)24-13-15-25(41-2)16-14-24/h3-16,18,26-28,30H,19-20H2,1-2H3,(H,34,37,38)/t26-,27+,28+,30+/m0/s1. The molecule has 1 N–H and O–H groups in total. The summed E-state index contributed by atoms with van der Waals surface area (Å²) < 4.78 is 19.6. The van der Waals surface area contributed by atoms with Gasteiger partial charge in [-0.2, -0.15) is 5.26 Å². The summed E-state index contributed by atoms with van der Waals surface area (Å²) in [6.45, 7) is 0.748. The molecule has 1 aliphatic heterocycles. The van der Waals surface area contributed by atoms with E-state index in [0.717, 1.165) is 21.3 Å². The fourth-order valence-electron chi connectivity index (χ4n) is 5.69. The van der Waals surface area contributed by atoms with Gasteiger partial charge in [0.1, 0.15) is 23.7 Å². The predicted octanol–water partition coefficient (Wildman–Crippen LogP) is 3.79. The van der Waals surface area contributed by atoms with Gasteiger partial charge in [0.05, 0.1) is 31.6 Å². The molecule has 4 aromatic rings. The van der Waals surface area contributed by atoms with E-state index in [9.17, 15) is 25.0 Å². The molecule has 11 nitrogen and oxygen atoms in total. The van der Waals surface area contributed by atoms with Crippen LogP contribution in [0.4, 0.5) is 0 Å². The molecule has 11 heteroatoms. The van der Waals surface area contributed by atoms with Crippen LogP contribution in [0, 0.1) is 40.2 Å². The number of hydrogen-bond acceptors (Lipinski definition) is 8. The topological polar surface area (TPSA) is 149 Å². The highest BCUT2D eigenvalue weighted by molar-refractivity contribution is 5.48. The second-order valence-corrected chi connectivity index (χ2v) is 10.3. The van der Waals surface area contributed by atoms with Crippen LogP contribution in [0.15, 0.2) is 101 Å². The Morgan fingerprint density at radius 1 is 1.00 bits per heavy atom. The number of nitriles is 1. The minimum atomic E-state index is -1.17. The second kappa shape index (κ2) is 12.4. The summed E-state index contributed by atoms with van der Waals surface area (Å²) in [6, 6.07) is 28.8. The summed E-state index contributed by atoms with van der Waals surface area (Å²) in [7, 11) is 1.58. The first-order valence-electron chi connectivity index (χ1n) is 13.7. The SMILES string of the molecule is COc1ccc(C(OC[C@H]2O[C@@H](n3cc(C)c(=O)[nH]c3=O)[C@H](C[N+](=O)[O-])[C@@H]2C#N)(c2ccccc2)c2ccccc2)cc1. The molecular formula is C32H30N4O7. The predicted molar refractivity (Wildman–Crippen MR) is 156 cm³/mol. The maximum absolute atomic E-state index is 12.8. The van der Waals surface area contributed by atoms with E-state index in [4.69, 9.17) is 14.2 Å². The van der Waals surface area contributed by atoms with E-state index in [-0.39, 0.29) is 12.2 Å². The van der Waals surface area contributed by atoms with Gasteiger partial charge < -0.3 is 14.2 Å². The summed E-state index contributed by atoms with van der Waals surface area (Å²) in [6.07, 6.45) is -0.814. The van der Waals surface area contributed by atoms with Crippen LogP contribution in [-0.4, -0.2) is 40.8 Å². The number of aromatic nitrogens is 2. The monoisotopic (exact) mass is 582 g/mol. The van der Waals surface area contributed by atoms with Gasteiger partial charge in [0.25, 0.3) is 5.56 Å². The molecule has 43 heavy (non-hydrogen) atoms. The third-order valence-corrected chi connectivity index (χ3v) is 7.79. The number of hydrogen-bond donors (Lipinski definition) is 1. The molecule has 220 valence electrons. The number of nitrogens with zero attached hydrogens (tertiary/aromatic N) is 3. The van der Waals surface area contributed by atoms with Crippen LogP contribution in [0.1, 0.15) is 28.5 Å². The van der Waals surface area contributed by atoms with Crippen molar-refractivity contribution < 1.29 is 19.1 Å². The lowest BCUT2D eigenvalue weighted by atomic mass is 9.80. The van der Waals surface area contributed by atoms with Crippen LogP contribution in [0.2, 0.25) is 0 Å². The lowest BCUT2D eigenvalue weighted by molar-refractivity contribution is -0.491. The lowest BCUT2D eigenvalue weighted by Crippen LogP contribution is -2.37. The Hall–Kier alpha value is -5.05. The summed E-state index contributed by atoms with van der Waals surface area (Å²) in [5.41, 5.74) is 0.101. The summed E-state index contributed by atoms with van der Waals surface area (Å²) in [5.74, 6) is -1.32. The molecule has 4 atom stereocenters. The summed E-state index contributed by atoms with van der Waals surface area (Å²) in [5, 5.41) is 21.9. The molecule has 5 rings (SSSR count). The minimum absolute atomic E-state index is 0.143. The van der Waals surface area contributed by atoms with Crippen molar-refractivity contribution in [2.24, 2.45) is 11.8 Å². The van der Waals surface area contributed by atoms with Gasteiger partial charge in [-0.25, -0.2) is 4.79 Å². The van der Waals surface area contributed by atoms with Crippen LogP contribution >= 0.6 is 0 Å². The van der Waals surface area contributed by atoms with Gasteiger partial charge in [0, 0.05) is 16.7 Å². The van der Waals surface area contributed by atoms with Crippen LogP contribution in [-0.2, 0) is 15.1 Å². The van der Waals surface area contributed by atoms with Gasteiger partial charge in [0.15, 0.2) is 0 Å². The van der Waals surface area contributed by atoms with E-state index in [0.29, 0.717) is 5.75 Å². The average Bonchev–Trinajstić information content (AvgIpc) is 3.36. The maximum Gasteiger partial charge on any atom is 0.330 e. The van der Waals surface area contributed by atoms with Gasteiger partial charge in [-0.1, -0.05) is 72.8 Å². The molecule has 1 aromatic heterocycles. The van der Waals surface area contributed by atoms with Crippen molar-refractivity contribution in [2.75, 3.05) is 20.3 Å². The van der Waals surface area contributed by atoms with Gasteiger partial charge in [0.2, 0.25) is 6.54 Å². The Bertz CT molecular complexity index is 1690. The van der Waals surface area contributed by atoms with Crippen LogP contribution in [0.5, 0.6) is 5.75 Å². The molecule has 0 aliphatic carbocycles. The minimum Gasteiger partial charge on any atom is -0.497 e. The molecule has 1 fully saturated rings. The molecule has 0 radical (unpaired) electrons. The van der Waals surface area contributed by atoms with E-state index in [1.807, 2.05) is 84.9 Å². The smallest absolute Gasteiger partial charge is 0.330 e. The zero-order chi connectivity index (χ0) is 30.6. The van der Waals surface area contributed by atoms with Crippen molar-refractivity contribution in [2.45, 2.75) is 24.9 Å². The number of rotatable bonds is 10. The van der Waals surface area contributed by atoms with Crippen molar-refractivity contribution in [3.63, 3.8) is 0 Å². The molecule has 3 aromatic carbocycles. The first kappa shape index (κ1) is 29.4. The zero-order valence-corrected chi connectivity index (χ0v) is 23.6. The van der Waals surface area contributed by atoms with Gasteiger partial charge in [-0.3, -0.25) is 24.5 Å². The highest BCUT2D eigenvalue weighted by Gasteiger charge is 2.50. The Morgan fingerprint density at radius 2 is 1.58 bits per heavy atom. The number of nitrogens with one attached hydrogen (secondary N) is 1. The molecule has 0 spiro atoms. The van der Waals surface area contributed by atoms with Crippen LogP contribution in [0.3, 0.4) is 0 Å². The zero-order valence-electron chi connectivity index (χ0n) is 23.6. The number of aromatic amines is 1. The van der Waals surface area contributed by atoms with Crippen molar-refractivity contribution in [3.05, 3.63) is 144 Å². The highest BCUT2D eigenvalue weighted by Crippen LogP contribution is 2.44. The molecule has 0 unspecified atom stereocenters. The van der Waals surface area contributed by atoms with Crippen molar-refractivity contribution in [1.82, 2.24) is 9.55 Å². The van der Waals surface area contributed by atoms with Crippen molar-refractivity contribution >= 4 is 0 Å². The van der Waals surface area contributed by atoms with Gasteiger partial charge >= 0.3 is 5.69 Å². The number of H-pyrrole nitrogens is 1. The molecule has 1 aliphatic rings. The largest absolute Gasteiger partial charge is 0.497 e. The number of ether oxygens (including phenoxy) is 3. The van der Waals surface area contributed by atoms with E-state index in [2.05, 4.69) is 11.1 Å². The molecular weight excluding hydrogens is 552 g/mol. The maximum atomic E-state index is 12.8. The molecule has 2 heterocycles.